The van der Waals surface area contributed by atoms with Crippen LogP contribution in [0.2, 0.25) is 0 Å². The highest BCUT2D eigenvalue weighted by Gasteiger charge is 2.22. The van der Waals surface area contributed by atoms with Crippen LogP contribution in [0.4, 0.5) is 0 Å². The van der Waals surface area contributed by atoms with Crippen molar-refractivity contribution in [2.45, 2.75) is 25.3 Å². The lowest BCUT2D eigenvalue weighted by Gasteiger charge is -2.34. The fourth-order valence-corrected chi connectivity index (χ4v) is 4.53. The summed E-state index contributed by atoms with van der Waals surface area (Å²) in [6.07, 6.45) is 15.3. The number of hydrogen-bond acceptors (Lipinski definition) is 2. The molecule has 2 heteroatoms. The van der Waals surface area contributed by atoms with E-state index in [4.69, 9.17) is 0 Å². The molecule has 2 atom stereocenters. The Labute approximate surface area is 148 Å². The Kier molecular flexibility index (Phi) is 4.66. The van der Waals surface area contributed by atoms with E-state index in [-0.39, 0.29) is 0 Å². The van der Waals surface area contributed by atoms with Crippen molar-refractivity contribution >= 4 is 16.9 Å². The molecule has 0 N–H and O–H groups in total. The first-order valence-corrected chi connectivity index (χ1v) is 9.68. The summed E-state index contributed by atoms with van der Waals surface area (Å²) in [5, 5.41) is 2.18. The molecule has 2 aliphatic rings. The maximum Gasteiger partial charge on any atom is 0.0724 e. The monoisotopic (exact) mass is 333 g/mol. The van der Waals surface area contributed by atoms with Crippen molar-refractivity contribution in [3.05, 3.63) is 88.8 Å². The zero-order valence-corrected chi connectivity index (χ0v) is 14.7. The van der Waals surface area contributed by atoms with E-state index in [1.165, 1.54) is 29.7 Å². The molecule has 0 amide bonds. The number of nitrogens with zero attached hydrogens (tertiary/aromatic N) is 1. The summed E-state index contributed by atoms with van der Waals surface area (Å²) >= 11 is 1.87. The topological polar surface area (TPSA) is 3.24 Å². The molecule has 2 heterocycles. The van der Waals surface area contributed by atoms with Crippen molar-refractivity contribution in [2.75, 3.05) is 6.54 Å². The third-order valence-electron chi connectivity index (χ3n) is 4.92. The minimum atomic E-state index is 0.358. The van der Waals surface area contributed by atoms with Crippen LogP contribution in [0, 0.1) is 5.92 Å². The largest absolute Gasteiger partial charge is 0.366 e. The van der Waals surface area contributed by atoms with Crippen LogP contribution < -0.4 is 0 Å². The molecular weight excluding hydrogens is 310 g/mol. The molecule has 1 aliphatic heterocycles. The summed E-state index contributed by atoms with van der Waals surface area (Å²) < 4.78 is 0. The van der Waals surface area contributed by atoms with Gasteiger partial charge >= 0.3 is 0 Å². The molecule has 2 unspecified atom stereocenters. The molecule has 1 aromatic heterocycles. The van der Waals surface area contributed by atoms with E-state index >= 15 is 0 Å². The van der Waals surface area contributed by atoms with E-state index in [1.54, 1.807) is 5.57 Å². The maximum atomic E-state index is 2.53. The normalized spacial score (nSPS) is 23.3. The molecular formula is C22H23NS. The first kappa shape index (κ1) is 15.5. The Hall–Kier alpha value is -2.06. The zero-order valence-electron chi connectivity index (χ0n) is 13.8. The van der Waals surface area contributed by atoms with Gasteiger partial charge in [0.05, 0.1) is 6.04 Å². The van der Waals surface area contributed by atoms with Gasteiger partial charge < -0.3 is 4.90 Å². The van der Waals surface area contributed by atoms with Gasteiger partial charge in [-0.2, -0.15) is 0 Å². The number of allylic oxidation sites excluding steroid dienone is 3. The van der Waals surface area contributed by atoms with Crippen molar-refractivity contribution in [3.63, 3.8) is 0 Å². The third-order valence-corrected chi connectivity index (χ3v) is 5.87. The average Bonchev–Trinajstić information content (AvgIpc) is 3.18. The zero-order chi connectivity index (χ0) is 16.2. The van der Waals surface area contributed by atoms with Gasteiger partial charge in [0.1, 0.15) is 0 Å². The van der Waals surface area contributed by atoms with E-state index < -0.39 is 0 Å². The van der Waals surface area contributed by atoms with Gasteiger partial charge in [0.25, 0.3) is 0 Å². The molecule has 24 heavy (non-hydrogen) atoms. The molecule has 4 rings (SSSR count). The molecule has 0 bridgehead atoms. The summed E-state index contributed by atoms with van der Waals surface area (Å²) in [6.45, 7) is 1.09. The highest BCUT2D eigenvalue weighted by Crippen LogP contribution is 2.34. The highest BCUT2D eigenvalue weighted by molar-refractivity contribution is 7.11. The number of benzene rings is 1. The van der Waals surface area contributed by atoms with Crippen molar-refractivity contribution in [1.29, 1.82) is 0 Å². The van der Waals surface area contributed by atoms with Gasteiger partial charge in [-0.05, 0) is 60.0 Å². The molecule has 1 aromatic carbocycles. The van der Waals surface area contributed by atoms with Crippen LogP contribution in [0.5, 0.6) is 0 Å². The van der Waals surface area contributed by atoms with E-state index in [0.29, 0.717) is 12.0 Å². The summed E-state index contributed by atoms with van der Waals surface area (Å²) in [4.78, 5) is 3.95. The van der Waals surface area contributed by atoms with Gasteiger partial charge in [-0.25, -0.2) is 0 Å². The lowest BCUT2D eigenvalue weighted by atomic mass is 9.88. The highest BCUT2D eigenvalue weighted by atomic mass is 32.1. The molecule has 0 radical (unpaired) electrons. The van der Waals surface area contributed by atoms with Crippen molar-refractivity contribution in [1.82, 2.24) is 4.90 Å². The van der Waals surface area contributed by atoms with E-state index in [0.717, 1.165) is 6.54 Å². The summed E-state index contributed by atoms with van der Waals surface area (Å²) in [5.41, 5.74) is 2.92. The van der Waals surface area contributed by atoms with E-state index in [9.17, 15) is 0 Å². The Bertz CT molecular complexity index is 740. The second-order valence-corrected chi connectivity index (χ2v) is 7.55. The molecule has 1 aliphatic carbocycles. The predicted molar refractivity (Wildman–Crippen MR) is 104 cm³/mol. The van der Waals surface area contributed by atoms with E-state index in [1.807, 2.05) is 11.3 Å². The SMILES string of the molecule is C1=CC(c2ccccc2)N(CC2C=C(c3cccs3)CCC2)C=C1. The molecule has 0 spiro atoms. The van der Waals surface area contributed by atoms with Crippen molar-refractivity contribution in [2.24, 2.45) is 5.92 Å². The Balaban J connectivity index is 1.52. The van der Waals surface area contributed by atoms with Gasteiger partial charge in [-0.15, -0.1) is 11.3 Å². The third kappa shape index (κ3) is 3.39. The molecule has 122 valence electrons. The van der Waals surface area contributed by atoms with Crippen LogP contribution in [0.3, 0.4) is 0 Å². The van der Waals surface area contributed by atoms with Crippen LogP contribution >= 0.6 is 11.3 Å². The van der Waals surface area contributed by atoms with Gasteiger partial charge in [-0.3, -0.25) is 0 Å². The standard InChI is InChI=1S/C22H23NS/c1-2-9-19(10-3-1)21-12-4-5-14-23(21)17-18-8-6-11-20(16-18)22-13-7-15-24-22/h1-5,7,9-10,12-16,18,21H,6,8,11,17H2. The predicted octanol–water partition coefficient (Wildman–Crippen LogP) is 6.06. The Morgan fingerprint density at radius 2 is 1.96 bits per heavy atom. The van der Waals surface area contributed by atoms with Crippen LogP contribution in [-0.2, 0) is 0 Å². The fourth-order valence-electron chi connectivity index (χ4n) is 3.75. The van der Waals surface area contributed by atoms with Gasteiger partial charge in [-0.1, -0.05) is 54.6 Å². The Morgan fingerprint density at radius 3 is 2.79 bits per heavy atom. The second kappa shape index (κ2) is 7.23. The summed E-state index contributed by atoms with van der Waals surface area (Å²) in [5.74, 6) is 0.637. The number of hydrogen-bond donors (Lipinski definition) is 0. The van der Waals surface area contributed by atoms with Gasteiger partial charge in [0, 0.05) is 11.4 Å². The second-order valence-electron chi connectivity index (χ2n) is 6.60. The quantitative estimate of drug-likeness (QED) is 0.657. The molecule has 1 nitrogen and oxygen atoms in total. The summed E-state index contributed by atoms with van der Waals surface area (Å²) in [7, 11) is 0. The minimum Gasteiger partial charge on any atom is -0.366 e. The van der Waals surface area contributed by atoms with Crippen molar-refractivity contribution < 1.29 is 0 Å². The van der Waals surface area contributed by atoms with Crippen LogP contribution in [0.15, 0.2) is 78.3 Å². The average molecular weight is 334 g/mol. The van der Waals surface area contributed by atoms with Crippen LogP contribution in [0.25, 0.3) is 5.57 Å². The summed E-state index contributed by atoms with van der Waals surface area (Å²) in [6, 6.07) is 15.6. The molecule has 0 fully saturated rings. The lowest BCUT2D eigenvalue weighted by molar-refractivity contribution is 0.278. The number of rotatable bonds is 4. The van der Waals surface area contributed by atoms with E-state index in [2.05, 4.69) is 83.2 Å². The smallest absolute Gasteiger partial charge is 0.0724 e. The van der Waals surface area contributed by atoms with Crippen molar-refractivity contribution in [3.8, 4) is 0 Å². The van der Waals surface area contributed by atoms with Gasteiger partial charge in [0.2, 0.25) is 0 Å². The molecule has 0 saturated carbocycles. The maximum absolute atomic E-state index is 2.53. The van der Waals surface area contributed by atoms with Crippen LogP contribution in [-0.4, -0.2) is 11.4 Å². The first-order chi connectivity index (χ1) is 11.9. The van der Waals surface area contributed by atoms with Gasteiger partial charge in [0.15, 0.2) is 0 Å². The van der Waals surface area contributed by atoms with Crippen LogP contribution in [0.1, 0.15) is 35.7 Å². The molecule has 2 aromatic rings. The number of thiophene rings is 1. The minimum absolute atomic E-state index is 0.358. The lowest BCUT2D eigenvalue weighted by Crippen LogP contribution is -2.29. The Morgan fingerprint density at radius 1 is 1.04 bits per heavy atom. The molecule has 0 saturated heterocycles. The fraction of sp³-hybridized carbons (Fsp3) is 0.273. The first-order valence-electron chi connectivity index (χ1n) is 8.80.